The van der Waals surface area contributed by atoms with E-state index < -0.39 is 0 Å². The highest BCUT2D eigenvalue weighted by Crippen LogP contribution is 2.26. The lowest BCUT2D eigenvalue weighted by Gasteiger charge is -2.11. The van der Waals surface area contributed by atoms with Crippen LogP contribution in [0.1, 0.15) is 36.0 Å². The molecule has 124 valence electrons. The second kappa shape index (κ2) is 7.25. The van der Waals surface area contributed by atoms with Crippen LogP contribution in [0.2, 0.25) is 0 Å². The van der Waals surface area contributed by atoms with Gasteiger partial charge in [-0.3, -0.25) is 9.59 Å². The summed E-state index contributed by atoms with van der Waals surface area (Å²) < 4.78 is 12.9. The molecule has 24 heavy (non-hydrogen) atoms. The van der Waals surface area contributed by atoms with E-state index in [4.69, 9.17) is 0 Å². The van der Waals surface area contributed by atoms with Crippen molar-refractivity contribution in [3.05, 3.63) is 59.9 Å². The number of hydrogen-bond donors (Lipinski definition) is 2. The molecule has 2 N–H and O–H groups in total. The monoisotopic (exact) mass is 326 g/mol. The third-order valence-electron chi connectivity index (χ3n) is 4.22. The van der Waals surface area contributed by atoms with E-state index in [1.807, 2.05) is 0 Å². The van der Waals surface area contributed by atoms with E-state index in [0.29, 0.717) is 16.9 Å². The molecule has 0 heterocycles. The average molecular weight is 326 g/mol. The quantitative estimate of drug-likeness (QED) is 0.884. The van der Waals surface area contributed by atoms with Gasteiger partial charge in [0.2, 0.25) is 5.91 Å². The van der Waals surface area contributed by atoms with E-state index in [2.05, 4.69) is 10.6 Å². The predicted octanol–water partition coefficient (Wildman–Crippen LogP) is 4.21. The lowest BCUT2D eigenvalue weighted by atomic mass is 10.1. The topological polar surface area (TPSA) is 58.2 Å². The molecule has 1 aliphatic carbocycles. The van der Waals surface area contributed by atoms with Crippen LogP contribution in [0.5, 0.6) is 0 Å². The first-order valence-corrected chi connectivity index (χ1v) is 8.10. The first-order chi connectivity index (χ1) is 11.6. The van der Waals surface area contributed by atoms with Crippen molar-refractivity contribution in [2.75, 3.05) is 10.6 Å². The van der Waals surface area contributed by atoms with Crippen LogP contribution in [0.3, 0.4) is 0 Å². The number of carbonyl (C=O) groups is 2. The van der Waals surface area contributed by atoms with Gasteiger partial charge in [0.05, 0.1) is 0 Å². The minimum atomic E-state index is -0.357. The molecule has 0 spiro atoms. The highest BCUT2D eigenvalue weighted by molar-refractivity contribution is 6.05. The van der Waals surface area contributed by atoms with E-state index in [0.717, 1.165) is 25.7 Å². The van der Waals surface area contributed by atoms with Crippen molar-refractivity contribution in [2.45, 2.75) is 25.7 Å². The molecule has 0 unspecified atom stereocenters. The van der Waals surface area contributed by atoms with Crippen LogP contribution in [-0.2, 0) is 4.79 Å². The molecular weight excluding hydrogens is 307 g/mol. The number of halogens is 1. The number of carbonyl (C=O) groups excluding carboxylic acids is 2. The van der Waals surface area contributed by atoms with Crippen molar-refractivity contribution >= 4 is 23.2 Å². The van der Waals surface area contributed by atoms with Crippen LogP contribution in [-0.4, -0.2) is 11.8 Å². The van der Waals surface area contributed by atoms with Gasteiger partial charge in [-0.15, -0.1) is 0 Å². The van der Waals surface area contributed by atoms with E-state index >= 15 is 0 Å². The molecule has 0 radical (unpaired) electrons. The molecule has 5 heteroatoms. The Morgan fingerprint density at radius 3 is 2.33 bits per heavy atom. The van der Waals surface area contributed by atoms with Crippen LogP contribution >= 0.6 is 0 Å². The Labute approximate surface area is 140 Å². The highest BCUT2D eigenvalue weighted by atomic mass is 19.1. The van der Waals surface area contributed by atoms with Gasteiger partial charge in [-0.2, -0.15) is 0 Å². The minimum Gasteiger partial charge on any atom is -0.326 e. The molecular formula is C19H19FN2O2. The van der Waals surface area contributed by atoms with Crippen LogP contribution in [0.25, 0.3) is 0 Å². The van der Waals surface area contributed by atoms with Crippen molar-refractivity contribution in [1.29, 1.82) is 0 Å². The first-order valence-electron chi connectivity index (χ1n) is 8.10. The largest absolute Gasteiger partial charge is 0.326 e. The Kier molecular flexibility index (Phi) is 4.89. The normalized spacial score (nSPS) is 14.4. The summed E-state index contributed by atoms with van der Waals surface area (Å²) in [7, 11) is 0. The molecule has 0 aliphatic heterocycles. The number of benzene rings is 2. The molecule has 0 saturated heterocycles. The number of hydrogen-bond acceptors (Lipinski definition) is 2. The summed E-state index contributed by atoms with van der Waals surface area (Å²) in [5, 5.41) is 5.58. The predicted molar refractivity (Wildman–Crippen MR) is 91.4 cm³/mol. The number of anilines is 2. The van der Waals surface area contributed by atoms with E-state index in [-0.39, 0.29) is 23.5 Å². The summed E-state index contributed by atoms with van der Waals surface area (Å²) in [6.07, 6.45) is 4.05. The summed E-state index contributed by atoms with van der Waals surface area (Å²) in [5.41, 5.74) is 1.56. The summed E-state index contributed by atoms with van der Waals surface area (Å²) in [6.45, 7) is 0. The molecule has 1 aliphatic rings. The van der Waals surface area contributed by atoms with Gasteiger partial charge in [0.1, 0.15) is 5.82 Å². The molecule has 0 bridgehead atoms. The van der Waals surface area contributed by atoms with Gasteiger partial charge >= 0.3 is 0 Å². The Balaban J connectivity index is 1.66. The van der Waals surface area contributed by atoms with Crippen LogP contribution in [0, 0.1) is 11.7 Å². The first kappa shape index (κ1) is 16.2. The Morgan fingerprint density at radius 2 is 1.62 bits per heavy atom. The molecule has 0 atom stereocenters. The fourth-order valence-electron chi connectivity index (χ4n) is 2.91. The molecule has 2 aromatic rings. The molecule has 1 fully saturated rings. The highest BCUT2D eigenvalue weighted by Gasteiger charge is 2.22. The van der Waals surface area contributed by atoms with Gasteiger partial charge in [-0.05, 0) is 55.3 Å². The maximum Gasteiger partial charge on any atom is 0.255 e. The molecule has 3 rings (SSSR count). The van der Waals surface area contributed by atoms with Crippen LogP contribution in [0.15, 0.2) is 48.5 Å². The summed E-state index contributed by atoms with van der Waals surface area (Å²) in [4.78, 5) is 24.4. The van der Waals surface area contributed by atoms with Gasteiger partial charge < -0.3 is 10.6 Å². The molecule has 1 saturated carbocycles. The van der Waals surface area contributed by atoms with E-state index in [1.165, 1.54) is 24.3 Å². The van der Waals surface area contributed by atoms with Gasteiger partial charge in [-0.25, -0.2) is 4.39 Å². The fourth-order valence-corrected chi connectivity index (χ4v) is 2.91. The third-order valence-corrected chi connectivity index (χ3v) is 4.22. The van der Waals surface area contributed by atoms with E-state index in [9.17, 15) is 14.0 Å². The van der Waals surface area contributed by atoms with Crippen LogP contribution in [0.4, 0.5) is 15.8 Å². The van der Waals surface area contributed by atoms with Gasteiger partial charge in [0.15, 0.2) is 0 Å². The van der Waals surface area contributed by atoms with E-state index in [1.54, 1.807) is 24.3 Å². The SMILES string of the molecule is O=C(Nc1ccc(F)cc1)c1cccc(NC(=O)C2CCCC2)c1. The number of rotatable bonds is 4. The number of nitrogens with one attached hydrogen (secondary N) is 2. The van der Waals surface area contributed by atoms with Gasteiger partial charge in [0.25, 0.3) is 5.91 Å². The van der Waals surface area contributed by atoms with Crippen LogP contribution < -0.4 is 10.6 Å². The average Bonchev–Trinajstić information content (AvgIpc) is 3.12. The summed E-state index contributed by atoms with van der Waals surface area (Å²) in [5.74, 6) is -0.575. The number of amides is 2. The molecule has 4 nitrogen and oxygen atoms in total. The van der Waals surface area contributed by atoms with Crippen molar-refractivity contribution in [3.8, 4) is 0 Å². The summed E-state index contributed by atoms with van der Waals surface area (Å²) >= 11 is 0. The summed E-state index contributed by atoms with van der Waals surface area (Å²) in [6, 6.07) is 12.4. The zero-order chi connectivity index (χ0) is 16.9. The lowest BCUT2D eigenvalue weighted by Crippen LogP contribution is -2.20. The molecule has 0 aromatic heterocycles. The maximum atomic E-state index is 12.9. The molecule has 2 aromatic carbocycles. The third kappa shape index (κ3) is 3.98. The lowest BCUT2D eigenvalue weighted by molar-refractivity contribution is -0.119. The maximum absolute atomic E-state index is 12.9. The van der Waals surface area contributed by atoms with Gasteiger partial charge in [0, 0.05) is 22.9 Å². The fraction of sp³-hybridized carbons (Fsp3) is 0.263. The van der Waals surface area contributed by atoms with Gasteiger partial charge in [-0.1, -0.05) is 18.9 Å². The smallest absolute Gasteiger partial charge is 0.255 e. The Hall–Kier alpha value is -2.69. The van der Waals surface area contributed by atoms with Crippen molar-refractivity contribution in [2.24, 2.45) is 5.92 Å². The second-order valence-corrected chi connectivity index (χ2v) is 6.01. The molecule has 2 amide bonds. The Bertz CT molecular complexity index is 737. The Morgan fingerprint density at radius 1 is 0.917 bits per heavy atom. The van der Waals surface area contributed by atoms with Crippen molar-refractivity contribution in [1.82, 2.24) is 0 Å². The standard InChI is InChI=1S/C19H19FN2O2/c20-15-8-10-16(11-9-15)21-19(24)14-6-3-7-17(12-14)22-18(23)13-4-1-2-5-13/h3,6-13H,1-2,4-5H2,(H,21,24)(H,22,23). The zero-order valence-corrected chi connectivity index (χ0v) is 13.2. The van der Waals surface area contributed by atoms with Crippen molar-refractivity contribution in [3.63, 3.8) is 0 Å². The zero-order valence-electron chi connectivity index (χ0n) is 13.2. The minimum absolute atomic E-state index is 0.0172. The second-order valence-electron chi connectivity index (χ2n) is 6.01. The van der Waals surface area contributed by atoms with Crippen molar-refractivity contribution < 1.29 is 14.0 Å².